The molecule has 2 heterocycles. The van der Waals surface area contributed by atoms with Crippen LogP contribution in [-0.2, 0) is 10.0 Å². The summed E-state index contributed by atoms with van der Waals surface area (Å²) in [6, 6.07) is 5.23. The van der Waals surface area contributed by atoms with Crippen molar-refractivity contribution in [3.8, 4) is 22.9 Å². The Labute approximate surface area is 159 Å². The van der Waals surface area contributed by atoms with E-state index in [1.165, 1.54) is 26.4 Å². The van der Waals surface area contributed by atoms with Gasteiger partial charge >= 0.3 is 0 Å². The van der Waals surface area contributed by atoms with Gasteiger partial charge in [0.05, 0.1) is 26.0 Å². The van der Waals surface area contributed by atoms with Crippen LogP contribution in [0.15, 0.2) is 47.6 Å². The van der Waals surface area contributed by atoms with E-state index in [9.17, 15) is 22.0 Å². The van der Waals surface area contributed by atoms with Crippen LogP contribution >= 0.6 is 0 Å². The smallest absolute Gasteiger partial charge is 0.269 e. The first-order chi connectivity index (χ1) is 13.3. The Hall–Kier alpha value is -3.27. The molecule has 0 aliphatic rings. The van der Waals surface area contributed by atoms with Crippen molar-refractivity contribution in [3.63, 3.8) is 0 Å². The molecule has 0 saturated heterocycles. The molecular weight excluding hydrogens is 394 g/mol. The van der Waals surface area contributed by atoms with Crippen molar-refractivity contribution in [2.75, 3.05) is 14.2 Å². The van der Waals surface area contributed by atoms with E-state index in [0.717, 1.165) is 24.5 Å². The molecule has 0 amide bonds. The Morgan fingerprint density at radius 3 is 2.39 bits per heavy atom. The van der Waals surface area contributed by atoms with Gasteiger partial charge in [0, 0.05) is 23.9 Å². The van der Waals surface area contributed by atoms with E-state index >= 15 is 0 Å². The molecule has 0 unspecified atom stereocenters. The maximum absolute atomic E-state index is 14.4. The number of rotatable bonds is 6. The molecule has 28 heavy (non-hydrogen) atoms. The number of pyridine rings is 1. The van der Waals surface area contributed by atoms with E-state index in [0.29, 0.717) is 16.3 Å². The highest BCUT2D eigenvalue weighted by atomic mass is 32.2. The zero-order valence-corrected chi connectivity index (χ0v) is 15.5. The second-order valence-electron chi connectivity index (χ2n) is 5.55. The molecule has 2 aromatic heterocycles. The molecule has 0 spiro atoms. The number of carbonyl (C=O) groups excluding carboxylic acids is 1. The maximum atomic E-state index is 14.4. The monoisotopic (exact) mass is 408 g/mol. The minimum Gasteiger partial charge on any atom is -0.494 e. The first kappa shape index (κ1) is 19.5. The predicted octanol–water partition coefficient (Wildman–Crippen LogP) is 2.90. The van der Waals surface area contributed by atoms with Crippen LogP contribution < -0.4 is 9.47 Å². The molecule has 1 aromatic carbocycles. The fourth-order valence-corrected chi connectivity index (χ4v) is 3.98. The van der Waals surface area contributed by atoms with Crippen molar-refractivity contribution in [1.29, 1.82) is 0 Å². The van der Waals surface area contributed by atoms with Crippen LogP contribution in [-0.4, -0.2) is 37.9 Å². The van der Waals surface area contributed by atoms with Crippen LogP contribution in [0.2, 0.25) is 0 Å². The van der Waals surface area contributed by atoms with Crippen LogP contribution in [0.1, 0.15) is 10.4 Å². The Kier molecular flexibility index (Phi) is 5.14. The second kappa shape index (κ2) is 7.39. The van der Waals surface area contributed by atoms with Gasteiger partial charge in [-0.25, -0.2) is 26.2 Å². The van der Waals surface area contributed by atoms with Crippen LogP contribution in [0.25, 0.3) is 11.3 Å². The molecule has 10 heteroatoms. The van der Waals surface area contributed by atoms with E-state index in [-0.39, 0.29) is 33.3 Å². The first-order valence-corrected chi connectivity index (χ1v) is 9.23. The second-order valence-corrected chi connectivity index (χ2v) is 7.36. The number of nitrogens with zero attached hydrogens (tertiary/aromatic N) is 2. The number of halogens is 2. The fourth-order valence-electron chi connectivity index (χ4n) is 2.65. The van der Waals surface area contributed by atoms with E-state index < -0.39 is 21.7 Å². The molecular formula is C18H14F2N2O5S. The zero-order valence-electron chi connectivity index (χ0n) is 14.7. The summed E-state index contributed by atoms with van der Waals surface area (Å²) >= 11 is 0. The molecule has 0 N–H and O–H groups in total. The number of hydrogen-bond donors (Lipinski definition) is 0. The van der Waals surface area contributed by atoms with Crippen LogP contribution in [0, 0.1) is 11.6 Å². The third-order valence-electron chi connectivity index (χ3n) is 3.95. The summed E-state index contributed by atoms with van der Waals surface area (Å²) in [6.45, 7) is 0. The highest BCUT2D eigenvalue weighted by Crippen LogP contribution is 2.38. The summed E-state index contributed by atoms with van der Waals surface area (Å²) in [7, 11) is -1.71. The van der Waals surface area contributed by atoms with Crippen molar-refractivity contribution in [2.24, 2.45) is 0 Å². The normalized spacial score (nSPS) is 11.3. The van der Waals surface area contributed by atoms with Crippen molar-refractivity contribution in [2.45, 2.75) is 4.90 Å². The van der Waals surface area contributed by atoms with Gasteiger partial charge in [0.1, 0.15) is 22.2 Å². The molecule has 0 fully saturated rings. The van der Waals surface area contributed by atoms with Gasteiger partial charge < -0.3 is 9.47 Å². The predicted molar refractivity (Wildman–Crippen MR) is 95.1 cm³/mol. The van der Waals surface area contributed by atoms with Gasteiger partial charge in [0.15, 0.2) is 12.0 Å². The van der Waals surface area contributed by atoms with Gasteiger partial charge in [-0.1, -0.05) is 0 Å². The molecule has 3 aromatic rings. The number of carbonyl (C=O) groups is 1. The molecule has 7 nitrogen and oxygen atoms in total. The third kappa shape index (κ3) is 3.22. The highest BCUT2D eigenvalue weighted by molar-refractivity contribution is 7.90. The Morgan fingerprint density at radius 2 is 1.86 bits per heavy atom. The van der Waals surface area contributed by atoms with Gasteiger partial charge in [-0.05, 0) is 18.2 Å². The first-order valence-electron chi connectivity index (χ1n) is 7.79. The fraction of sp³-hybridized carbons (Fsp3) is 0.111. The van der Waals surface area contributed by atoms with Gasteiger partial charge in [-0.15, -0.1) is 0 Å². The summed E-state index contributed by atoms with van der Waals surface area (Å²) in [5.41, 5.74) is -0.624. The number of aromatic nitrogens is 2. The largest absolute Gasteiger partial charge is 0.494 e. The molecule has 0 bridgehead atoms. The third-order valence-corrected chi connectivity index (χ3v) is 5.59. The summed E-state index contributed by atoms with van der Waals surface area (Å²) in [5, 5.41) is 0. The van der Waals surface area contributed by atoms with Crippen LogP contribution in [0.4, 0.5) is 8.78 Å². The molecule has 0 aliphatic carbocycles. The lowest BCUT2D eigenvalue weighted by Crippen LogP contribution is -2.14. The standard InChI is InChI=1S/C18H14F2N2O5S/c1-26-16-6-4-13(8-21-16)28(24,25)22-9-11(10-23)18(27-2)17(22)14-5-3-12(19)7-15(14)20/h3-10H,1-2H3. The SMILES string of the molecule is COc1ccc(S(=O)(=O)n2cc(C=O)c(OC)c2-c2ccc(F)cc2F)cn1. The van der Waals surface area contributed by atoms with Crippen molar-refractivity contribution < 1.29 is 31.5 Å². The van der Waals surface area contributed by atoms with E-state index in [1.807, 2.05) is 0 Å². The van der Waals surface area contributed by atoms with Crippen molar-refractivity contribution >= 4 is 16.3 Å². The molecule has 3 rings (SSSR count). The number of benzene rings is 1. The lowest BCUT2D eigenvalue weighted by molar-refractivity contribution is 0.112. The number of ether oxygens (including phenoxy) is 2. The van der Waals surface area contributed by atoms with E-state index in [1.54, 1.807) is 0 Å². The Balaban J connectivity index is 2.31. The Bertz CT molecular complexity index is 1140. The highest BCUT2D eigenvalue weighted by Gasteiger charge is 2.29. The minimum atomic E-state index is -4.29. The van der Waals surface area contributed by atoms with Crippen LogP contribution in [0.3, 0.4) is 0 Å². The maximum Gasteiger partial charge on any atom is 0.269 e. The summed E-state index contributed by atoms with van der Waals surface area (Å²) in [5.74, 6) is -1.82. The van der Waals surface area contributed by atoms with Crippen molar-refractivity contribution in [1.82, 2.24) is 8.96 Å². The molecule has 0 aliphatic heterocycles. The van der Waals surface area contributed by atoms with E-state index in [2.05, 4.69) is 4.98 Å². The lowest BCUT2D eigenvalue weighted by atomic mass is 10.1. The van der Waals surface area contributed by atoms with Gasteiger partial charge in [-0.2, -0.15) is 0 Å². The van der Waals surface area contributed by atoms with Gasteiger partial charge in [-0.3, -0.25) is 4.79 Å². The summed E-state index contributed by atoms with van der Waals surface area (Å²) < 4.78 is 64.7. The quantitative estimate of drug-likeness (QED) is 0.583. The molecule has 0 atom stereocenters. The average Bonchev–Trinajstić information content (AvgIpc) is 3.07. The molecule has 0 radical (unpaired) electrons. The number of aldehydes is 1. The van der Waals surface area contributed by atoms with Gasteiger partial charge in [0.2, 0.25) is 5.88 Å². The average molecular weight is 408 g/mol. The van der Waals surface area contributed by atoms with E-state index in [4.69, 9.17) is 9.47 Å². The molecule has 146 valence electrons. The topological polar surface area (TPSA) is 87.5 Å². The lowest BCUT2D eigenvalue weighted by Gasteiger charge is -2.13. The number of hydrogen-bond acceptors (Lipinski definition) is 6. The molecule has 0 saturated carbocycles. The summed E-state index contributed by atoms with van der Waals surface area (Å²) in [4.78, 5) is 15.0. The minimum absolute atomic E-state index is 0.119. The summed E-state index contributed by atoms with van der Waals surface area (Å²) in [6.07, 6.45) is 2.44. The number of methoxy groups -OCH3 is 2. The Morgan fingerprint density at radius 1 is 1.11 bits per heavy atom. The zero-order chi connectivity index (χ0) is 20.5. The van der Waals surface area contributed by atoms with Crippen molar-refractivity contribution in [3.05, 3.63) is 59.9 Å². The van der Waals surface area contributed by atoms with Gasteiger partial charge in [0.25, 0.3) is 10.0 Å². The van der Waals surface area contributed by atoms with Crippen LogP contribution in [0.5, 0.6) is 11.6 Å².